The summed E-state index contributed by atoms with van der Waals surface area (Å²) in [5.41, 5.74) is 4.68. The fourth-order valence-corrected chi connectivity index (χ4v) is 4.61. The van der Waals surface area contributed by atoms with E-state index >= 15 is 0 Å². The van der Waals surface area contributed by atoms with Crippen molar-refractivity contribution in [2.24, 2.45) is 0 Å². The first-order valence-corrected chi connectivity index (χ1v) is 11.8. The number of amides is 1. The Hall–Kier alpha value is -3.09. The van der Waals surface area contributed by atoms with E-state index in [9.17, 15) is 4.79 Å². The molecule has 0 unspecified atom stereocenters. The first-order valence-electron chi connectivity index (χ1n) is 11.5. The average molecular weight is 462 g/mol. The lowest BCUT2D eigenvalue weighted by atomic mass is 10.0. The lowest BCUT2D eigenvalue weighted by molar-refractivity contribution is -0.132. The van der Waals surface area contributed by atoms with Crippen molar-refractivity contribution in [2.75, 3.05) is 50.7 Å². The molecule has 0 N–H and O–H groups in total. The smallest absolute Gasteiger partial charge is 0.236 e. The van der Waals surface area contributed by atoms with Crippen LogP contribution in [0.25, 0.3) is 11.3 Å². The second-order valence-electron chi connectivity index (χ2n) is 8.57. The molecule has 170 valence electrons. The Morgan fingerprint density at radius 1 is 0.909 bits per heavy atom. The molecule has 33 heavy (non-hydrogen) atoms. The number of anilines is 1. The molecule has 1 fully saturated rings. The summed E-state index contributed by atoms with van der Waals surface area (Å²) in [6.45, 7) is 5.38. The quantitative estimate of drug-likeness (QED) is 0.577. The van der Waals surface area contributed by atoms with Crippen LogP contribution >= 0.6 is 11.6 Å². The van der Waals surface area contributed by atoms with Gasteiger partial charge in [-0.2, -0.15) is 5.10 Å². The van der Waals surface area contributed by atoms with E-state index in [-0.39, 0.29) is 5.91 Å². The third kappa shape index (κ3) is 5.13. The van der Waals surface area contributed by atoms with Crippen LogP contribution in [-0.4, -0.2) is 71.3 Å². The van der Waals surface area contributed by atoms with Crippen molar-refractivity contribution in [3.05, 3.63) is 83.7 Å². The van der Waals surface area contributed by atoms with Crippen molar-refractivity contribution >= 4 is 28.8 Å². The minimum atomic E-state index is 0.222. The second kappa shape index (κ2) is 9.81. The number of carbonyl (C=O) groups excluding carboxylic acids is 1. The zero-order valence-electron chi connectivity index (χ0n) is 18.6. The predicted molar refractivity (Wildman–Crippen MR) is 133 cm³/mol. The Morgan fingerprint density at radius 2 is 1.67 bits per heavy atom. The highest BCUT2D eigenvalue weighted by molar-refractivity contribution is 6.30. The van der Waals surface area contributed by atoms with Crippen molar-refractivity contribution < 1.29 is 4.79 Å². The molecule has 1 amide bonds. The number of halogens is 1. The maximum absolute atomic E-state index is 12.9. The summed E-state index contributed by atoms with van der Waals surface area (Å²) in [5.74, 6) is 0.222. The number of hydrogen-bond donors (Lipinski definition) is 0. The molecule has 7 heteroatoms. The summed E-state index contributed by atoms with van der Waals surface area (Å²) < 4.78 is 1.91. The van der Waals surface area contributed by atoms with Crippen LogP contribution in [0.5, 0.6) is 0 Å². The van der Waals surface area contributed by atoms with Gasteiger partial charge >= 0.3 is 0 Å². The van der Waals surface area contributed by atoms with Gasteiger partial charge in [-0.15, -0.1) is 0 Å². The molecule has 2 aromatic carbocycles. The molecule has 0 atom stereocenters. The molecule has 0 saturated carbocycles. The van der Waals surface area contributed by atoms with E-state index in [0.29, 0.717) is 6.54 Å². The number of nitrogens with zero attached hydrogens (tertiary/aromatic N) is 5. The van der Waals surface area contributed by atoms with E-state index in [1.807, 2.05) is 58.2 Å². The Balaban J connectivity index is 1.12. The number of benzene rings is 2. The van der Waals surface area contributed by atoms with E-state index < -0.39 is 0 Å². The fraction of sp³-hybridized carbons (Fsp3) is 0.308. The molecule has 6 nitrogen and oxygen atoms in total. The van der Waals surface area contributed by atoms with Crippen LogP contribution in [0.1, 0.15) is 12.0 Å². The standard InChI is InChI=1S/C26H28ClN5O/c27-23-6-8-24(9-7-23)30-14-16-31(17-15-30)26(33)20-29-12-10-21(11-13-29)22-18-28-32(19-22)25-4-2-1-3-5-25/h1-10,18-19H,11-17,20H2. The van der Waals surface area contributed by atoms with Crippen molar-refractivity contribution in [3.63, 3.8) is 0 Å². The van der Waals surface area contributed by atoms with Crippen LogP contribution in [-0.2, 0) is 4.79 Å². The summed E-state index contributed by atoms with van der Waals surface area (Å²) in [7, 11) is 0. The number of rotatable bonds is 5. The van der Waals surface area contributed by atoms with Crippen LogP contribution in [0.3, 0.4) is 0 Å². The zero-order chi connectivity index (χ0) is 22.6. The van der Waals surface area contributed by atoms with Crippen LogP contribution in [0, 0.1) is 0 Å². The minimum Gasteiger partial charge on any atom is -0.368 e. The van der Waals surface area contributed by atoms with E-state index in [2.05, 4.69) is 39.3 Å². The SMILES string of the molecule is O=C(CN1CC=C(c2cnn(-c3ccccc3)c2)CC1)N1CCN(c2ccc(Cl)cc2)CC1. The Labute approximate surface area is 199 Å². The first kappa shape index (κ1) is 21.7. The number of para-hydroxylation sites is 1. The Bertz CT molecular complexity index is 1120. The van der Waals surface area contributed by atoms with Gasteiger partial charge < -0.3 is 9.80 Å². The topological polar surface area (TPSA) is 44.6 Å². The molecular formula is C26H28ClN5O. The maximum atomic E-state index is 12.9. The monoisotopic (exact) mass is 461 g/mol. The van der Waals surface area contributed by atoms with Gasteiger partial charge in [0.15, 0.2) is 0 Å². The molecule has 5 rings (SSSR count). The molecule has 0 aliphatic carbocycles. The van der Waals surface area contributed by atoms with E-state index in [1.165, 1.54) is 5.57 Å². The van der Waals surface area contributed by atoms with E-state index in [0.717, 1.165) is 67.7 Å². The predicted octanol–water partition coefficient (Wildman–Crippen LogP) is 3.96. The molecule has 0 radical (unpaired) electrons. The molecule has 2 aliphatic heterocycles. The van der Waals surface area contributed by atoms with Crippen molar-refractivity contribution in [1.82, 2.24) is 19.6 Å². The van der Waals surface area contributed by atoms with Crippen molar-refractivity contribution in [2.45, 2.75) is 6.42 Å². The molecule has 0 bridgehead atoms. The summed E-state index contributed by atoms with van der Waals surface area (Å²) >= 11 is 5.99. The van der Waals surface area contributed by atoms with Gasteiger partial charge in [0.1, 0.15) is 0 Å². The highest BCUT2D eigenvalue weighted by Crippen LogP contribution is 2.23. The normalized spacial score (nSPS) is 17.2. The largest absolute Gasteiger partial charge is 0.368 e. The van der Waals surface area contributed by atoms with Crippen LogP contribution in [0.4, 0.5) is 5.69 Å². The van der Waals surface area contributed by atoms with Crippen LogP contribution in [0.2, 0.25) is 5.02 Å². The van der Waals surface area contributed by atoms with Crippen LogP contribution in [0.15, 0.2) is 73.1 Å². The number of hydrogen-bond acceptors (Lipinski definition) is 4. The van der Waals surface area contributed by atoms with Crippen molar-refractivity contribution in [3.8, 4) is 5.69 Å². The highest BCUT2D eigenvalue weighted by atomic mass is 35.5. The number of aromatic nitrogens is 2. The third-order valence-corrected chi connectivity index (χ3v) is 6.70. The fourth-order valence-electron chi connectivity index (χ4n) is 4.48. The molecule has 3 aromatic rings. The van der Waals surface area contributed by atoms with Gasteiger partial charge in [0.05, 0.1) is 18.4 Å². The molecule has 2 aliphatic rings. The minimum absolute atomic E-state index is 0.222. The van der Waals surface area contributed by atoms with Gasteiger partial charge in [0.2, 0.25) is 5.91 Å². The van der Waals surface area contributed by atoms with Crippen molar-refractivity contribution in [1.29, 1.82) is 0 Å². The van der Waals surface area contributed by atoms with E-state index in [4.69, 9.17) is 11.6 Å². The van der Waals surface area contributed by atoms with Gasteiger partial charge in [-0.3, -0.25) is 9.69 Å². The maximum Gasteiger partial charge on any atom is 0.236 e. The third-order valence-electron chi connectivity index (χ3n) is 6.45. The Morgan fingerprint density at radius 3 is 2.36 bits per heavy atom. The van der Waals surface area contributed by atoms with Gasteiger partial charge in [-0.05, 0) is 48.4 Å². The van der Waals surface area contributed by atoms with Crippen LogP contribution < -0.4 is 4.90 Å². The number of piperazine rings is 1. The Kier molecular flexibility index (Phi) is 6.46. The van der Waals surface area contributed by atoms with Gasteiger partial charge in [0.25, 0.3) is 0 Å². The molecule has 1 aromatic heterocycles. The van der Waals surface area contributed by atoms with Gasteiger partial charge in [0, 0.05) is 61.7 Å². The summed E-state index contributed by atoms with van der Waals surface area (Å²) in [5, 5.41) is 5.26. The molecule has 1 saturated heterocycles. The molecular weight excluding hydrogens is 434 g/mol. The van der Waals surface area contributed by atoms with Gasteiger partial charge in [-0.25, -0.2) is 4.68 Å². The summed E-state index contributed by atoms with van der Waals surface area (Å²) in [6, 6.07) is 18.1. The van der Waals surface area contributed by atoms with Gasteiger partial charge in [-0.1, -0.05) is 35.9 Å². The lowest BCUT2D eigenvalue weighted by Gasteiger charge is -2.37. The lowest BCUT2D eigenvalue weighted by Crippen LogP contribution is -2.51. The molecule has 0 spiro atoms. The molecule has 3 heterocycles. The highest BCUT2D eigenvalue weighted by Gasteiger charge is 2.24. The number of carbonyl (C=O) groups is 1. The zero-order valence-corrected chi connectivity index (χ0v) is 19.4. The average Bonchev–Trinajstić information content (AvgIpc) is 3.36. The first-order chi connectivity index (χ1) is 16.2. The van der Waals surface area contributed by atoms with E-state index in [1.54, 1.807) is 0 Å². The summed E-state index contributed by atoms with van der Waals surface area (Å²) in [6.07, 6.45) is 7.18. The summed E-state index contributed by atoms with van der Waals surface area (Å²) in [4.78, 5) is 19.4. The second-order valence-corrected chi connectivity index (χ2v) is 9.00.